The number of rotatable bonds is 6. The molecule has 8 heteroatoms. The third kappa shape index (κ3) is 4.55. The number of fused-ring (bicyclic) bond motifs is 1. The molecule has 192 valence electrons. The Morgan fingerprint density at radius 2 is 1.54 bits per heavy atom. The van der Waals surface area contributed by atoms with Gasteiger partial charge in [0.2, 0.25) is 0 Å². The number of esters is 2. The van der Waals surface area contributed by atoms with Crippen molar-refractivity contribution in [2.24, 2.45) is 5.92 Å². The Bertz CT molecular complexity index is 1460. The maximum Gasteiger partial charge on any atom is 0.349 e. The Morgan fingerprint density at radius 3 is 2.08 bits per heavy atom. The second-order valence-electron chi connectivity index (χ2n) is 10.00. The van der Waals surface area contributed by atoms with E-state index in [1.165, 1.54) is 23.3 Å². The van der Waals surface area contributed by atoms with Crippen molar-refractivity contribution in [1.82, 2.24) is 0 Å². The Labute approximate surface area is 216 Å². The number of hydrogen-bond donors (Lipinski definition) is 1. The van der Waals surface area contributed by atoms with E-state index in [2.05, 4.69) is 24.3 Å². The van der Waals surface area contributed by atoms with Gasteiger partial charge in [0, 0.05) is 11.8 Å². The molecule has 0 radical (unpaired) electrons. The van der Waals surface area contributed by atoms with E-state index in [4.69, 9.17) is 9.47 Å². The number of carbonyl (C=O) groups excluding carboxylic acids is 2. The lowest BCUT2D eigenvalue weighted by Gasteiger charge is -2.44. The van der Waals surface area contributed by atoms with E-state index in [1.807, 2.05) is 24.3 Å². The number of aryl methyl sites for hydroxylation is 1. The van der Waals surface area contributed by atoms with E-state index in [1.54, 1.807) is 20.8 Å². The average Bonchev–Trinajstić information content (AvgIpc) is 2.87. The Hall–Kier alpha value is -3.49. The lowest BCUT2D eigenvalue weighted by Crippen LogP contribution is -2.37. The second kappa shape index (κ2) is 9.43. The highest BCUT2D eigenvalue weighted by molar-refractivity contribution is 7.85. The highest BCUT2D eigenvalue weighted by atomic mass is 32.2. The Balaban J connectivity index is 1.32. The van der Waals surface area contributed by atoms with E-state index < -0.39 is 34.6 Å². The Kier molecular flexibility index (Phi) is 6.41. The molecule has 3 aliphatic rings. The van der Waals surface area contributed by atoms with Crippen LogP contribution in [0.1, 0.15) is 71.4 Å². The molecule has 2 bridgehead atoms. The van der Waals surface area contributed by atoms with Gasteiger partial charge in [-0.05, 0) is 64.8 Å². The Morgan fingerprint density at radius 1 is 0.973 bits per heavy atom. The van der Waals surface area contributed by atoms with Crippen LogP contribution in [0.15, 0.2) is 65.6 Å². The molecule has 0 saturated heterocycles. The van der Waals surface area contributed by atoms with Gasteiger partial charge in [-0.15, -0.1) is 0 Å². The summed E-state index contributed by atoms with van der Waals surface area (Å²) in [5.41, 5.74) is 5.40. The molecule has 7 nitrogen and oxygen atoms in total. The van der Waals surface area contributed by atoms with Crippen molar-refractivity contribution in [3.05, 3.63) is 94.0 Å². The fourth-order valence-corrected chi connectivity index (χ4v) is 6.64. The molecule has 1 atom stereocenters. The minimum absolute atomic E-state index is 0.0975. The van der Waals surface area contributed by atoms with Gasteiger partial charge in [0.25, 0.3) is 10.1 Å². The minimum Gasteiger partial charge on any atom is -0.453 e. The van der Waals surface area contributed by atoms with Crippen LogP contribution in [0.2, 0.25) is 0 Å². The van der Waals surface area contributed by atoms with Crippen molar-refractivity contribution in [3.8, 4) is 5.75 Å². The van der Waals surface area contributed by atoms with E-state index in [0.717, 1.165) is 11.1 Å². The quantitative estimate of drug-likeness (QED) is 0.273. The normalized spacial score (nSPS) is 19.8. The van der Waals surface area contributed by atoms with Crippen LogP contribution >= 0.6 is 0 Å². The maximum atomic E-state index is 13.2. The maximum absolute atomic E-state index is 13.2. The number of carbonyl (C=O) groups is 2. The van der Waals surface area contributed by atoms with Gasteiger partial charge in [-0.3, -0.25) is 9.35 Å². The molecule has 6 rings (SSSR count). The van der Waals surface area contributed by atoms with Gasteiger partial charge in [0.05, 0.1) is 10.8 Å². The lowest BCUT2D eigenvalue weighted by molar-refractivity contribution is -0.158. The predicted molar refractivity (Wildman–Crippen MR) is 136 cm³/mol. The molecule has 0 spiro atoms. The third-order valence-corrected chi connectivity index (χ3v) is 8.28. The molecular weight excluding hydrogens is 492 g/mol. The van der Waals surface area contributed by atoms with Crippen LogP contribution in [-0.4, -0.2) is 31.5 Å². The summed E-state index contributed by atoms with van der Waals surface area (Å²) in [6.07, 6.45) is 0.612. The van der Waals surface area contributed by atoms with Crippen LogP contribution in [0.5, 0.6) is 5.75 Å². The zero-order valence-corrected chi connectivity index (χ0v) is 21.6. The average molecular weight is 521 g/mol. The monoisotopic (exact) mass is 520 g/mol. The fourth-order valence-electron chi connectivity index (χ4n) is 5.72. The van der Waals surface area contributed by atoms with Crippen LogP contribution in [0.3, 0.4) is 0 Å². The standard InChI is InChI=1S/C29H28O7S/c1-16(2)22-14-25(17(3)12-26(22)37(32,33)34)36-27(30)15-35-29(31)24-13-23-18-8-4-6-10-20(18)28(24)21-11-7-5-9-19(21)23/h4-12,14,16,23-24,28H,13,15H2,1-3H3,(H,32,33,34). The van der Waals surface area contributed by atoms with Gasteiger partial charge in [-0.25, -0.2) is 4.79 Å². The number of hydrogen-bond acceptors (Lipinski definition) is 6. The van der Waals surface area contributed by atoms with Gasteiger partial charge >= 0.3 is 11.9 Å². The molecule has 0 aromatic heterocycles. The molecule has 3 aromatic rings. The zero-order chi connectivity index (χ0) is 26.5. The molecule has 0 amide bonds. The highest BCUT2D eigenvalue weighted by Gasteiger charge is 2.46. The van der Waals surface area contributed by atoms with Crippen LogP contribution < -0.4 is 4.74 Å². The van der Waals surface area contributed by atoms with Crippen LogP contribution in [0, 0.1) is 12.8 Å². The molecule has 0 fully saturated rings. The first-order valence-corrected chi connectivity index (χ1v) is 13.7. The first-order chi connectivity index (χ1) is 17.6. The fraction of sp³-hybridized carbons (Fsp3) is 0.310. The number of ether oxygens (including phenoxy) is 2. The second-order valence-corrected chi connectivity index (χ2v) is 11.4. The molecule has 1 unspecified atom stereocenters. The first-order valence-electron chi connectivity index (χ1n) is 12.2. The smallest absolute Gasteiger partial charge is 0.349 e. The summed E-state index contributed by atoms with van der Waals surface area (Å²) in [5, 5.41) is 0. The SMILES string of the molecule is Cc1cc(S(=O)(=O)O)c(C(C)C)cc1OC(=O)COC(=O)C1CC2c3ccccc3C1c1ccccc12. The largest absolute Gasteiger partial charge is 0.453 e. The van der Waals surface area contributed by atoms with Crippen molar-refractivity contribution >= 4 is 22.1 Å². The van der Waals surface area contributed by atoms with Crippen molar-refractivity contribution in [2.45, 2.75) is 49.8 Å². The van der Waals surface area contributed by atoms with Gasteiger partial charge in [-0.2, -0.15) is 8.42 Å². The van der Waals surface area contributed by atoms with Gasteiger partial charge < -0.3 is 9.47 Å². The predicted octanol–water partition coefficient (Wildman–Crippen LogP) is 5.11. The van der Waals surface area contributed by atoms with Gasteiger partial charge in [0.15, 0.2) is 6.61 Å². The first kappa shape index (κ1) is 25.2. The summed E-state index contributed by atoms with van der Waals surface area (Å²) in [4.78, 5) is 25.6. The number of benzene rings is 3. The minimum atomic E-state index is -4.44. The van der Waals surface area contributed by atoms with E-state index in [9.17, 15) is 22.6 Å². The van der Waals surface area contributed by atoms with Crippen LogP contribution in [-0.2, 0) is 24.4 Å². The van der Waals surface area contributed by atoms with E-state index >= 15 is 0 Å². The highest BCUT2D eigenvalue weighted by Crippen LogP contribution is 2.55. The third-order valence-electron chi connectivity index (χ3n) is 7.37. The molecule has 0 aliphatic heterocycles. The van der Waals surface area contributed by atoms with Crippen LogP contribution in [0.25, 0.3) is 0 Å². The van der Waals surface area contributed by atoms with Crippen molar-refractivity contribution in [3.63, 3.8) is 0 Å². The lowest BCUT2D eigenvalue weighted by atomic mass is 9.59. The van der Waals surface area contributed by atoms with Crippen molar-refractivity contribution < 1.29 is 32.0 Å². The zero-order valence-electron chi connectivity index (χ0n) is 20.8. The summed E-state index contributed by atoms with van der Waals surface area (Å²) in [7, 11) is -4.44. The molecule has 1 N–H and O–H groups in total. The molecule has 0 saturated carbocycles. The van der Waals surface area contributed by atoms with E-state index in [-0.39, 0.29) is 28.4 Å². The molecule has 3 aliphatic carbocycles. The summed E-state index contributed by atoms with van der Waals surface area (Å²) in [5.74, 6) is -1.77. The molecule has 0 heterocycles. The van der Waals surface area contributed by atoms with Crippen LogP contribution in [0.4, 0.5) is 0 Å². The van der Waals surface area contributed by atoms with E-state index in [0.29, 0.717) is 17.5 Å². The van der Waals surface area contributed by atoms with Crippen molar-refractivity contribution in [2.75, 3.05) is 6.61 Å². The molecular formula is C29H28O7S. The summed E-state index contributed by atoms with van der Waals surface area (Å²) < 4.78 is 44.0. The summed E-state index contributed by atoms with van der Waals surface area (Å²) >= 11 is 0. The van der Waals surface area contributed by atoms with Gasteiger partial charge in [0.1, 0.15) is 5.75 Å². The van der Waals surface area contributed by atoms with Gasteiger partial charge in [-0.1, -0.05) is 62.4 Å². The molecule has 37 heavy (non-hydrogen) atoms. The topological polar surface area (TPSA) is 107 Å². The summed E-state index contributed by atoms with van der Waals surface area (Å²) in [6, 6.07) is 19.0. The van der Waals surface area contributed by atoms with Crippen molar-refractivity contribution in [1.29, 1.82) is 0 Å². The summed E-state index contributed by atoms with van der Waals surface area (Å²) in [6.45, 7) is 4.54. The molecule has 3 aromatic carbocycles.